The Balaban J connectivity index is 4.38. The van der Waals surface area contributed by atoms with Crippen LogP contribution >= 0.6 is 0 Å². The smallest absolute Gasteiger partial charge is 0.327 e. The van der Waals surface area contributed by atoms with E-state index in [4.69, 9.17) is 21.7 Å². The molecule has 0 heterocycles. The Labute approximate surface area is 58.6 Å². The minimum absolute atomic E-state index is 0.653. The van der Waals surface area contributed by atoms with Crippen LogP contribution in [-0.4, -0.2) is 34.4 Å². The fraction of sp³-hybridized carbons (Fsp3) is 0.800. The molecule has 0 aliphatic heterocycles. The molecule has 0 bridgehead atoms. The lowest BCUT2D eigenvalue weighted by atomic mass is 9.94. The average Bonchev–Trinajstić information content (AvgIpc) is 1.85. The van der Waals surface area contributed by atoms with Gasteiger partial charge in [0.05, 0.1) is 6.61 Å². The van der Waals surface area contributed by atoms with E-state index in [0.29, 0.717) is 0 Å². The van der Waals surface area contributed by atoms with Gasteiger partial charge in [0.25, 0.3) is 0 Å². The summed E-state index contributed by atoms with van der Waals surface area (Å²) < 4.78 is 0. The van der Waals surface area contributed by atoms with E-state index in [0.717, 1.165) is 0 Å². The first-order valence-electron chi connectivity index (χ1n) is 2.84. The fourth-order valence-corrected chi connectivity index (χ4v) is 0.406. The van der Waals surface area contributed by atoms with Crippen LogP contribution in [0.25, 0.3) is 0 Å². The van der Waals surface area contributed by atoms with Gasteiger partial charge in [0, 0.05) is 6.04 Å². The Morgan fingerprint density at radius 1 is 1.80 bits per heavy atom. The van der Waals surface area contributed by atoms with Crippen molar-refractivity contribution < 1.29 is 15.0 Å². The molecule has 0 spiro atoms. The largest absolute Gasteiger partial charge is 0.480 e. The van der Waals surface area contributed by atoms with Crippen LogP contribution in [-0.2, 0) is 4.79 Å². The third-order valence-corrected chi connectivity index (χ3v) is 1.47. The van der Waals surface area contributed by atoms with Gasteiger partial charge in [-0.2, -0.15) is 0 Å². The summed E-state index contributed by atoms with van der Waals surface area (Å²) in [6.45, 7) is 0.782. The van der Waals surface area contributed by atoms with Crippen molar-refractivity contribution in [2.45, 2.75) is 18.5 Å². The molecule has 2 atom stereocenters. The highest BCUT2D eigenvalue weighted by molar-refractivity contribution is 5.79. The Morgan fingerprint density at radius 3 is 2.20 bits per heavy atom. The molecule has 6 N–H and O–H groups in total. The van der Waals surface area contributed by atoms with Crippen LogP contribution in [0.2, 0.25) is 0 Å². The van der Waals surface area contributed by atoms with Crippen molar-refractivity contribution in [2.75, 3.05) is 6.61 Å². The SMILES string of the molecule is CC(N)C(N)(CO)C(=O)O. The normalized spacial score (nSPS) is 19.6. The lowest BCUT2D eigenvalue weighted by molar-refractivity contribution is -0.145. The first-order valence-corrected chi connectivity index (χ1v) is 2.84. The number of carboxylic acids is 1. The predicted octanol–water partition coefficient (Wildman–Crippen LogP) is -1.89. The number of aliphatic carboxylic acids is 1. The molecule has 0 aromatic heterocycles. The molecule has 2 unspecified atom stereocenters. The number of hydrogen-bond donors (Lipinski definition) is 4. The molecule has 0 fully saturated rings. The van der Waals surface area contributed by atoms with Crippen molar-refractivity contribution in [3.8, 4) is 0 Å². The Bertz CT molecular complexity index is 137. The molecule has 0 aromatic rings. The quantitative estimate of drug-likeness (QED) is 0.374. The highest BCUT2D eigenvalue weighted by atomic mass is 16.4. The summed E-state index contributed by atoms with van der Waals surface area (Å²) in [6.07, 6.45) is 0. The van der Waals surface area contributed by atoms with Gasteiger partial charge in [-0.3, -0.25) is 4.79 Å². The van der Waals surface area contributed by atoms with Gasteiger partial charge in [0.15, 0.2) is 5.54 Å². The molecule has 0 rings (SSSR count). The molecule has 0 saturated heterocycles. The number of aliphatic hydroxyl groups excluding tert-OH is 1. The van der Waals surface area contributed by atoms with Crippen molar-refractivity contribution in [3.05, 3.63) is 0 Å². The molecule has 0 aliphatic rings. The van der Waals surface area contributed by atoms with E-state index in [-0.39, 0.29) is 0 Å². The predicted molar refractivity (Wildman–Crippen MR) is 35.3 cm³/mol. The third-order valence-electron chi connectivity index (χ3n) is 1.47. The summed E-state index contributed by atoms with van der Waals surface area (Å²) in [4.78, 5) is 10.3. The maximum atomic E-state index is 10.3. The van der Waals surface area contributed by atoms with Crippen LogP contribution in [0, 0.1) is 0 Å². The van der Waals surface area contributed by atoms with Crippen LogP contribution < -0.4 is 11.5 Å². The second-order valence-corrected chi connectivity index (χ2v) is 2.29. The van der Waals surface area contributed by atoms with Gasteiger partial charge in [-0.25, -0.2) is 0 Å². The second kappa shape index (κ2) is 2.96. The molecule has 5 heteroatoms. The lowest BCUT2D eigenvalue weighted by Gasteiger charge is -2.25. The Morgan fingerprint density at radius 2 is 2.20 bits per heavy atom. The molecule has 60 valence electrons. The van der Waals surface area contributed by atoms with Crippen LogP contribution in [0.15, 0.2) is 0 Å². The second-order valence-electron chi connectivity index (χ2n) is 2.29. The first-order chi connectivity index (χ1) is 4.45. The van der Waals surface area contributed by atoms with E-state index in [1.165, 1.54) is 6.92 Å². The fourth-order valence-electron chi connectivity index (χ4n) is 0.406. The maximum absolute atomic E-state index is 10.3. The minimum Gasteiger partial charge on any atom is -0.480 e. The first kappa shape index (κ1) is 9.35. The van der Waals surface area contributed by atoms with Crippen LogP contribution in [0.1, 0.15) is 6.92 Å². The standard InChI is InChI=1S/C5H12N2O3/c1-3(6)5(7,2-8)4(9)10/h3,8H,2,6-7H2,1H3,(H,9,10). The zero-order valence-corrected chi connectivity index (χ0v) is 5.74. The Hall–Kier alpha value is -0.650. The molecule has 0 amide bonds. The van der Waals surface area contributed by atoms with Gasteiger partial charge < -0.3 is 21.7 Å². The highest BCUT2D eigenvalue weighted by Crippen LogP contribution is 2.03. The number of aliphatic hydroxyl groups is 1. The molecule has 0 aromatic carbocycles. The van der Waals surface area contributed by atoms with E-state index in [1.807, 2.05) is 0 Å². The third kappa shape index (κ3) is 1.44. The van der Waals surface area contributed by atoms with Crippen LogP contribution in [0.3, 0.4) is 0 Å². The molecule has 0 radical (unpaired) electrons. The van der Waals surface area contributed by atoms with Crippen molar-refractivity contribution in [1.29, 1.82) is 0 Å². The van der Waals surface area contributed by atoms with Crippen molar-refractivity contribution in [2.24, 2.45) is 11.5 Å². The van der Waals surface area contributed by atoms with Gasteiger partial charge in [-0.05, 0) is 6.92 Å². The highest BCUT2D eigenvalue weighted by Gasteiger charge is 2.37. The summed E-state index contributed by atoms with van der Waals surface area (Å²) in [6, 6.07) is -0.769. The summed E-state index contributed by atoms with van der Waals surface area (Å²) in [7, 11) is 0. The number of carbonyl (C=O) groups is 1. The van der Waals surface area contributed by atoms with E-state index in [9.17, 15) is 4.79 Å². The topological polar surface area (TPSA) is 110 Å². The van der Waals surface area contributed by atoms with Gasteiger partial charge in [0.2, 0.25) is 0 Å². The van der Waals surface area contributed by atoms with E-state index < -0.39 is 24.2 Å². The van der Waals surface area contributed by atoms with Crippen LogP contribution in [0.4, 0.5) is 0 Å². The van der Waals surface area contributed by atoms with Crippen molar-refractivity contribution >= 4 is 5.97 Å². The Kier molecular flexibility index (Phi) is 2.77. The average molecular weight is 148 g/mol. The minimum atomic E-state index is -1.71. The van der Waals surface area contributed by atoms with Gasteiger partial charge in [0.1, 0.15) is 0 Å². The summed E-state index contributed by atoms with van der Waals surface area (Å²) in [5.74, 6) is -1.29. The van der Waals surface area contributed by atoms with Crippen LogP contribution in [0.5, 0.6) is 0 Å². The number of nitrogens with two attached hydrogens (primary N) is 2. The molecular formula is C5H12N2O3. The molecular weight excluding hydrogens is 136 g/mol. The van der Waals surface area contributed by atoms with E-state index in [1.54, 1.807) is 0 Å². The number of hydrogen-bond acceptors (Lipinski definition) is 4. The molecule has 0 saturated carbocycles. The van der Waals surface area contributed by atoms with Gasteiger partial charge in [-0.15, -0.1) is 0 Å². The lowest BCUT2D eigenvalue weighted by Crippen LogP contribution is -2.62. The van der Waals surface area contributed by atoms with Gasteiger partial charge >= 0.3 is 5.97 Å². The maximum Gasteiger partial charge on any atom is 0.327 e. The zero-order chi connectivity index (χ0) is 8.36. The number of rotatable bonds is 3. The summed E-state index contributed by atoms with van der Waals surface area (Å²) >= 11 is 0. The van der Waals surface area contributed by atoms with E-state index >= 15 is 0 Å². The van der Waals surface area contributed by atoms with Gasteiger partial charge in [-0.1, -0.05) is 0 Å². The number of carboxylic acid groups (broad SMARTS) is 1. The molecule has 0 aliphatic carbocycles. The monoisotopic (exact) mass is 148 g/mol. The summed E-state index contributed by atoms with van der Waals surface area (Å²) in [5.41, 5.74) is 8.72. The zero-order valence-electron chi connectivity index (χ0n) is 5.74. The summed E-state index contributed by atoms with van der Waals surface area (Å²) in [5, 5.41) is 17.0. The van der Waals surface area contributed by atoms with Crippen molar-refractivity contribution in [1.82, 2.24) is 0 Å². The molecule has 10 heavy (non-hydrogen) atoms. The van der Waals surface area contributed by atoms with E-state index in [2.05, 4.69) is 0 Å². The van der Waals surface area contributed by atoms with Crippen molar-refractivity contribution in [3.63, 3.8) is 0 Å². The molecule has 5 nitrogen and oxygen atoms in total.